The third kappa shape index (κ3) is 4.11. The highest BCUT2D eigenvalue weighted by Gasteiger charge is 2.24. The van der Waals surface area contributed by atoms with Crippen molar-refractivity contribution in [1.29, 1.82) is 0 Å². The maximum absolute atomic E-state index is 12.5. The number of ether oxygens (including phenoxy) is 1. The first-order chi connectivity index (χ1) is 12.6. The average Bonchev–Trinajstić information content (AvgIpc) is 2.70. The van der Waals surface area contributed by atoms with Gasteiger partial charge >= 0.3 is 5.97 Å². The highest BCUT2D eigenvalue weighted by molar-refractivity contribution is 5.89. The van der Waals surface area contributed by atoms with Crippen molar-refractivity contribution in [2.75, 3.05) is 13.7 Å². The van der Waals surface area contributed by atoms with Crippen LogP contribution < -0.4 is 5.32 Å². The van der Waals surface area contributed by atoms with Crippen LogP contribution >= 0.6 is 0 Å². The summed E-state index contributed by atoms with van der Waals surface area (Å²) in [6.07, 6.45) is 0.975. The van der Waals surface area contributed by atoms with Crippen LogP contribution in [0.4, 0.5) is 0 Å². The van der Waals surface area contributed by atoms with Crippen LogP contribution in [-0.4, -0.2) is 36.5 Å². The van der Waals surface area contributed by atoms with Crippen molar-refractivity contribution in [3.05, 3.63) is 70.8 Å². The highest BCUT2D eigenvalue weighted by Crippen LogP contribution is 2.20. The van der Waals surface area contributed by atoms with Crippen molar-refractivity contribution in [1.82, 2.24) is 10.2 Å². The van der Waals surface area contributed by atoms with Crippen LogP contribution in [0.1, 0.15) is 34.0 Å². The summed E-state index contributed by atoms with van der Waals surface area (Å²) in [5.74, 6) is -0.346. The topological polar surface area (TPSA) is 58.6 Å². The van der Waals surface area contributed by atoms with Crippen LogP contribution in [-0.2, 0) is 29.0 Å². The van der Waals surface area contributed by atoms with E-state index >= 15 is 0 Å². The molecule has 1 N–H and O–H groups in total. The quantitative estimate of drug-likeness (QED) is 0.840. The van der Waals surface area contributed by atoms with Gasteiger partial charge in [-0.25, -0.2) is 4.79 Å². The number of nitrogens with zero attached hydrogens (tertiary/aromatic N) is 1. The Bertz CT molecular complexity index is 786. The van der Waals surface area contributed by atoms with Crippen LogP contribution in [0.25, 0.3) is 0 Å². The van der Waals surface area contributed by atoms with Crippen molar-refractivity contribution in [2.24, 2.45) is 0 Å². The molecule has 0 fully saturated rings. The minimum atomic E-state index is -0.361. The summed E-state index contributed by atoms with van der Waals surface area (Å²) in [5.41, 5.74) is 4.13. The zero-order chi connectivity index (χ0) is 18.5. The second-order valence-electron chi connectivity index (χ2n) is 6.57. The maximum atomic E-state index is 12.5. The lowest BCUT2D eigenvalue weighted by molar-refractivity contribution is -0.126. The Labute approximate surface area is 154 Å². The predicted octanol–water partition coefficient (Wildman–Crippen LogP) is 2.54. The second-order valence-corrected chi connectivity index (χ2v) is 6.57. The monoisotopic (exact) mass is 352 g/mol. The summed E-state index contributed by atoms with van der Waals surface area (Å²) in [4.78, 5) is 26.2. The molecule has 1 amide bonds. The Hall–Kier alpha value is -2.66. The van der Waals surface area contributed by atoms with E-state index in [1.165, 1.54) is 18.2 Å². The van der Waals surface area contributed by atoms with E-state index in [0.717, 1.165) is 25.1 Å². The van der Waals surface area contributed by atoms with E-state index in [1.54, 1.807) is 12.1 Å². The van der Waals surface area contributed by atoms with Gasteiger partial charge in [0.25, 0.3) is 0 Å². The van der Waals surface area contributed by atoms with Crippen molar-refractivity contribution in [3.8, 4) is 0 Å². The number of esters is 1. The van der Waals surface area contributed by atoms with Gasteiger partial charge in [0.05, 0.1) is 18.7 Å². The molecule has 1 aliphatic rings. The molecule has 5 nitrogen and oxygen atoms in total. The predicted molar refractivity (Wildman–Crippen MR) is 99.6 cm³/mol. The van der Waals surface area contributed by atoms with Gasteiger partial charge in [-0.1, -0.05) is 36.4 Å². The fourth-order valence-corrected chi connectivity index (χ4v) is 3.23. The average molecular weight is 352 g/mol. The normalized spacial score (nSPS) is 15.0. The Balaban J connectivity index is 1.54. The van der Waals surface area contributed by atoms with E-state index in [4.69, 9.17) is 0 Å². The summed E-state index contributed by atoms with van der Waals surface area (Å²) < 4.78 is 4.68. The van der Waals surface area contributed by atoms with Crippen molar-refractivity contribution < 1.29 is 14.3 Å². The summed E-state index contributed by atoms with van der Waals surface area (Å²) in [7, 11) is 1.36. The SMILES string of the molecule is COC(=O)c1ccc(CNC(=O)C(C)N2CCc3ccccc3C2)cc1. The lowest BCUT2D eigenvalue weighted by Gasteiger charge is -2.32. The number of rotatable bonds is 5. The van der Waals surface area contributed by atoms with E-state index < -0.39 is 0 Å². The fraction of sp³-hybridized carbons (Fsp3) is 0.333. The fourth-order valence-electron chi connectivity index (χ4n) is 3.23. The van der Waals surface area contributed by atoms with Gasteiger partial charge in [-0.15, -0.1) is 0 Å². The molecular formula is C21H24N2O3. The zero-order valence-electron chi connectivity index (χ0n) is 15.2. The molecule has 2 aromatic carbocycles. The van der Waals surface area contributed by atoms with Gasteiger partial charge in [-0.05, 0) is 42.2 Å². The van der Waals surface area contributed by atoms with E-state index in [0.29, 0.717) is 12.1 Å². The molecule has 136 valence electrons. The number of hydrogen-bond acceptors (Lipinski definition) is 4. The van der Waals surface area contributed by atoms with Crippen molar-refractivity contribution in [3.63, 3.8) is 0 Å². The molecular weight excluding hydrogens is 328 g/mol. The molecule has 0 radical (unpaired) electrons. The maximum Gasteiger partial charge on any atom is 0.337 e. The molecule has 26 heavy (non-hydrogen) atoms. The number of amides is 1. The number of fused-ring (bicyclic) bond motifs is 1. The summed E-state index contributed by atoms with van der Waals surface area (Å²) in [6.45, 7) is 4.08. The molecule has 5 heteroatoms. The Morgan fingerprint density at radius 1 is 1.12 bits per heavy atom. The first-order valence-electron chi connectivity index (χ1n) is 8.84. The number of carbonyl (C=O) groups excluding carboxylic acids is 2. The minimum absolute atomic E-state index is 0.0152. The van der Waals surface area contributed by atoms with Crippen LogP contribution in [0, 0.1) is 0 Å². The molecule has 0 aromatic heterocycles. The van der Waals surface area contributed by atoms with Crippen molar-refractivity contribution in [2.45, 2.75) is 32.5 Å². The van der Waals surface area contributed by atoms with E-state index in [1.807, 2.05) is 25.1 Å². The number of methoxy groups -OCH3 is 1. The van der Waals surface area contributed by atoms with Crippen molar-refractivity contribution >= 4 is 11.9 Å². The molecule has 3 rings (SSSR count). The van der Waals surface area contributed by atoms with E-state index in [9.17, 15) is 9.59 Å². The summed E-state index contributed by atoms with van der Waals surface area (Å²) in [5, 5.41) is 2.99. The molecule has 1 heterocycles. The molecule has 0 bridgehead atoms. The number of carbonyl (C=O) groups is 2. The molecule has 1 atom stereocenters. The Morgan fingerprint density at radius 3 is 2.50 bits per heavy atom. The third-order valence-electron chi connectivity index (χ3n) is 4.93. The molecule has 0 spiro atoms. The van der Waals surface area contributed by atoms with Gasteiger partial charge in [-0.2, -0.15) is 0 Å². The smallest absolute Gasteiger partial charge is 0.337 e. The molecule has 0 saturated carbocycles. The van der Waals surface area contributed by atoms with Crippen LogP contribution in [0.3, 0.4) is 0 Å². The number of hydrogen-bond donors (Lipinski definition) is 1. The van der Waals surface area contributed by atoms with Crippen LogP contribution in [0.15, 0.2) is 48.5 Å². The second kappa shape index (κ2) is 8.15. The number of nitrogens with one attached hydrogen (secondary N) is 1. The first-order valence-corrected chi connectivity index (χ1v) is 8.84. The third-order valence-corrected chi connectivity index (χ3v) is 4.93. The standard InChI is InChI=1S/C21H24N2O3/c1-15(23-12-11-17-5-3-4-6-19(17)14-23)20(24)22-13-16-7-9-18(10-8-16)21(25)26-2/h3-10,15H,11-14H2,1-2H3,(H,22,24). The lowest BCUT2D eigenvalue weighted by atomic mass is 9.99. The van der Waals surface area contributed by atoms with Crippen LogP contribution in [0.5, 0.6) is 0 Å². The molecule has 0 aliphatic carbocycles. The van der Waals surface area contributed by atoms with Gasteiger partial charge in [0, 0.05) is 19.6 Å². The lowest BCUT2D eigenvalue weighted by Crippen LogP contribution is -2.46. The largest absolute Gasteiger partial charge is 0.465 e. The van der Waals surface area contributed by atoms with E-state index in [2.05, 4.69) is 33.2 Å². The molecule has 2 aromatic rings. The van der Waals surface area contributed by atoms with Gasteiger partial charge in [0.15, 0.2) is 0 Å². The van der Waals surface area contributed by atoms with Gasteiger partial charge in [0.2, 0.25) is 5.91 Å². The van der Waals surface area contributed by atoms with Gasteiger partial charge in [-0.3, -0.25) is 9.69 Å². The van der Waals surface area contributed by atoms with Gasteiger partial charge < -0.3 is 10.1 Å². The summed E-state index contributed by atoms with van der Waals surface area (Å²) >= 11 is 0. The Morgan fingerprint density at radius 2 is 1.81 bits per heavy atom. The van der Waals surface area contributed by atoms with E-state index in [-0.39, 0.29) is 17.9 Å². The highest BCUT2D eigenvalue weighted by atomic mass is 16.5. The molecule has 1 unspecified atom stereocenters. The minimum Gasteiger partial charge on any atom is -0.465 e. The zero-order valence-corrected chi connectivity index (χ0v) is 15.2. The summed E-state index contributed by atoms with van der Waals surface area (Å²) in [6, 6.07) is 15.3. The van der Waals surface area contributed by atoms with Crippen LogP contribution in [0.2, 0.25) is 0 Å². The number of benzene rings is 2. The molecule has 0 saturated heterocycles. The Kier molecular flexibility index (Phi) is 5.68. The molecule has 1 aliphatic heterocycles. The first kappa shape index (κ1) is 18.1. The van der Waals surface area contributed by atoms with Gasteiger partial charge in [0.1, 0.15) is 0 Å².